The number of aryl methyl sites for hydroxylation is 3. The number of amides is 1. The Balaban J connectivity index is 1.26. The van der Waals surface area contributed by atoms with Gasteiger partial charge in [-0.1, -0.05) is 48.5 Å². The smallest absolute Gasteiger partial charge is 0.289 e. The van der Waals surface area contributed by atoms with Crippen molar-refractivity contribution >= 4 is 33.8 Å². The second kappa shape index (κ2) is 7.20. The number of nitrogens with zero attached hydrogens (tertiary/aromatic N) is 2. The normalized spacial score (nSPS) is 12.9. The van der Waals surface area contributed by atoms with E-state index in [9.17, 15) is 4.79 Å². The second-order valence-electron chi connectivity index (χ2n) is 8.19. The Bertz CT molecular complexity index is 1530. The van der Waals surface area contributed by atoms with Crippen molar-refractivity contribution in [3.05, 3.63) is 88.7 Å². The number of benzene rings is 3. The molecular weight excluding hydrogens is 398 g/mol. The summed E-state index contributed by atoms with van der Waals surface area (Å²) >= 11 is 0. The lowest BCUT2D eigenvalue weighted by atomic mass is 9.98. The Morgan fingerprint density at radius 2 is 1.84 bits per heavy atom. The van der Waals surface area contributed by atoms with Gasteiger partial charge in [-0.05, 0) is 53.8 Å². The van der Waals surface area contributed by atoms with E-state index in [0.29, 0.717) is 5.69 Å². The van der Waals surface area contributed by atoms with Gasteiger partial charge in [-0.3, -0.25) is 9.89 Å². The maximum Gasteiger partial charge on any atom is 0.289 e. The SMILES string of the molecule is Cc1[nH]c2ccccc2c1C=NNC(=O)c1cc(-c2ccc3c4c(cccc24)CC3)n[nH]1. The van der Waals surface area contributed by atoms with E-state index in [1.54, 1.807) is 12.3 Å². The molecule has 0 saturated carbocycles. The van der Waals surface area contributed by atoms with Crippen molar-refractivity contribution in [2.24, 2.45) is 5.10 Å². The molecule has 0 radical (unpaired) electrons. The molecule has 1 amide bonds. The number of carbonyl (C=O) groups is 1. The first-order chi connectivity index (χ1) is 15.7. The van der Waals surface area contributed by atoms with Crippen molar-refractivity contribution in [3.8, 4) is 11.3 Å². The number of nitrogens with one attached hydrogen (secondary N) is 3. The molecule has 32 heavy (non-hydrogen) atoms. The van der Waals surface area contributed by atoms with Crippen LogP contribution in [0.4, 0.5) is 0 Å². The number of H-pyrrole nitrogens is 2. The minimum Gasteiger partial charge on any atom is -0.358 e. The third-order valence-corrected chi connectivity index (χ3v) is 6.28. The van der Waals surface area contributed by atoms with E-state index in [1.807, 2.05) is 31.2 Å². The zero-order valence-electron chi connectivity index (χ0n) is 17.6. The molecule has 1 aliphatic carbocycles. The van der Waals surface area contributed by atoms with Gasteiger partial charge in [-0.2, -0.15) is 10.2 Å². The van der Waals surface area contributed by atoms with Crippen molar-refractivity contribution < 1.29 is 4.79 Å². The predicted molar refractivity (Wildman–Crippen MR) is 127 cm³/mol. The lowest BCUT2D eigenvalue weighted by molar-refractivity contribution is 0.0950. The summed E-state index contributed by atoms with van der Waals surface area (Å²) in [5, 5.41) is 15.0. The van der Waals surface area contributed by atoms with Gasteiger partial charge < -0.3 is 4.98 Å². The molecule has 0 spiro atoms. The van der Waals surface area contributed by atoms with Crippen molar-refractivity contribution in [1.29, 1.82) is 0 Å². The van der Waals surface area contributed by atoms with E-state index in [2.05, 4.69) is 56.0 Å². The Morgan fingerprint density at radius 1 is 1.03 bits per heavy atom. The summed E-state index contributed by atoms with van der Waals surface area (Å²) in [6.07, 6.45) is 3.84. The second-order valence-corrected chi connectivity index (χ2v) is 8.19. The highest BCUT2D eigenvalue weighted by Gasteiger charge is 2.18. The minimum atomic E-state index is -0.330. The zero-order valence-corrected chi connectivity index (χ0v) is 17.6. The molecule has 0 atom stereocenters. The summed E-state index contributed by atoms with van der Waals surface area (Å²) < 4.78 is 0. The quantitative estimate of drug-likeness (QED) is 0.286. The summed E-state index contributed by atoms with van der Waals surface area (Å²) in [6, 6.07) is 20.5. The number of hydrazone groups is 1. The molecule has 2 heterocycles. The zero-order chi connectivity index (χ0) is 21.7. The topological polar surface area (TPSA) is 85.9 Å². The van der Waals surface area contributed by atoms with E-state index in [0.717, 1.165) is 46.3 Å². The maximum atomic E-state index is 12.6. The Hall–Kier alpha value is -4.19. The molecule has 0 fully saturated rings. The summed E-state index contributed by atoms with van der Waals surface area (Å²) in [4.78, 5) is 16.0. The highest BCUT2D eigenvalue weighted by atomic mass is 16.2. The third-order valence-electron chi connectivity index (χ3n) is 6.28. The van der Waals surface area contributed by atoms with Gasteiger partial charge in [0.1, 0.15) is 5.69 Å². The van der Waals surface area contributed by atoms with Crippen LogP contribution < -0.4 is 5.43 Å². The minimum absolute atomic E-state index is 0.330. The molecule has 5 aromatic rings. The number of hydrogen-bond donors (Lipinski definition) is 3. The summed E-state index contributed by atoms with van der Waals surface area (Å²) in [5.41, 5.74) is 10.5. The average Bonchev–Trinajstić information content (AvgIpc) is 3.53. The van der Waals surface area contributed by atoms with Gasteiger partial charge in [0.2, 0.25) is 0 Å². The van der Waals surface area contributed by atoms with E-state index in [1.165, 1.54) is 21.9 Å². The number of rotatable bonds is 4. The average molecular weight is 419 g/mol. The maximum absolute atomic E-state index is 12.6. The first-order valence-corrected chi connectivity index (χ1v) is 10.7. The number of carbonyl (C=O) groups excluding carboxylic acids is 1. The highest BCUT2D eigenvalue weighted by Crippen LogP contribution is 2.36. The van der Waals surface area contributed by atoms with Gasteiger partial charge >= 0.3 is 0 Å². The highest BCUT2D eigenvalue weighted by molar-refractivity contribution is 6.03. The molecule has 0 bridgehead atoms. The number of fused-ring (bicyclic) bond motifs is 1. The first-order valence-electron chi connectivity index (χ1n) is 10.7. The molecular formula is C26H21N5O. The fourth-order valence-corrected chi connectivity index (χ4v) is 4.73. The van der Waals surface area contributed by atoms with Crippen LogP contribution in [0.5, 0.6) is 0 Å². The van der Waals surface area contributed by atoms with Gasteiger partial charge in [0, 0.05) is 27.7 Å². The van der Waals surface area contributed by atoms with Gasteiger partial charge in [0.25, 0.3) is 5.91 Å². The largest absolute Gasteiger partial charge is 0.358 e. The fraction of sp³-hybridized carbons (Fsp3) is 0.115. The number of para-hydroxylation sites is 1. The van der Waals surface area contributed by atoms with Crippen LogP contribution in [0.15, 0.2) is 65.8 Å². The molecule has 2 aromatic heterocycles. The molecule has 3 N–H and O–H groups in total. The molecule has 156 valence electrons. The van der Waals surface area contributed by atoms with Crippen molar-refractivity contribution in [2.75, 3.05) is 0 Å². The van der Waals surface area contributed by atoms with E-state index < -0.39 is 0 Å². The molecule has 0 saturated heterocycles. The molecule has 0 unspecified atom stereocenters. The van der Waals surface area contributed by atoms with Crippen LogP contribution in [0, 0.1) is 6.92 Å². The van der Waals surface area contributed by atoms with Gasteiger partial charge in [-0.15, -0.1) is 0 Å². The van der Waals surface area contributed by atoms with Crippen LogP contribution in [-0.4, -0.2) is 27.3 Å². The summed E-state index contributed by atoms with van der Waals surface area (Å²) in [7, 11) is 0. The van der Waals surface area contributed by atoms with Crippen molar-refractivity contribution in [1.82, 2.24) is 20.6 Å². The number of aromatic amines is 2. The number of hydrogen-bond acceptors (Lipinski definition) is 3. The monoisotopic (exact) mass is 419 g/mol. The van der Waals surface area contributed by atoms with Crippen molar-refractivity contribution in [2.45, 2.75) is 19.8 Å². The molecule has 6 nitrogen and oxygen atoms in total. The lowest BCUT2D eigenvalue weighted by Gasteiger charge is -2.06. The molecule has 6 heteroatoms. The van der Waals surface area contributed by atoms with E-state index in [-0.39, 0.29) is 5.91 Å². The molecule has 6 rings (SSSR count). The van der Waals surface area contributed by atoms with Crippen LogP contribution in [0.1, 0.15) is 32.9 Å². The summed E-state index contributed by atoms with van der Waals surface area (Å²) in [6.45, 7) is 1.99. The fourth-order valence-electron chi connectivity index (χ4n) is 4.73. The standard InChI is InChI=1S/C26H21N5O/c1-15-21(18-6-2-3-8-22(18)28-15)14-27-31-26(32)24-13-23(29-30-24)19-12-11-17-10-9-16-5-4-7-20(19)25(16)17/h2-8,11-14,28H,9-10H2,1H3,(H,29,30)(H,31,32). The van der Waals surface area contributed by atoms with Crippen LogP contribution in [0.3, 0.4) is 0 Å². The van der Waals surface area contributed by atoms with Crippen LogP contribution in [0.25, 0.3) is 32.9 Å². The van der Waals surface area contributed by atoms with Crippen LogP contribution >= 0.6 is 0 Å². The molecule has 3 aromatic carbocycles. The van der Waals surface area contributed by atoms with Gasteiger partial charge in [0.05, 0.1) is 11.9 Å². The number of aromatic nitrogens is 3. The molecule has 0 aliphatic heterocycles. The Labute approximate surface area is 184 Å². The predicted octanol–water partition coefficient (Wildman–Crippen LogP) is 4.88. The van der Waals surface area contributed by atoms with Crippen LogP contribution in [0.2, 0.25) is 0 Å². The lowest BCUT2D eigenvalue weighted by Crippen LogP contribution is -2.18. The van der Waals surface area contributed by atoms with Crippen molar-refractivity contribution in [3.63, 3.8) is 0 Å². The van der Waals surface area contributed by atoms with Crippen LogP contribution in [-0.2, 0) is 12.8 Å². The van der Waals surface area contributed by atoms with Gasteiger partial charge in [0.15, 0.2) is 0 Å². The Morgan fingerprint density at radius 3 is 2.75 bits per heavy atom. The van der Waals surface area contributed by atoms with Gasteiger partial charge in [-0.25, -0.2) is 5.43 Å². The molecule has 1 aliphatic rings. The van der Waals surface area contributed by atoms with E-state index in [4.69, 9.17) is 0 Å². The Kier molecular flexibility index (Phi) is 4.18. The summed E-state index contributed by atoms with van der Waals surface area (Å²) in [5.74, 6) is -0.330. The van der Waals surface area contributed by atoms with E-state index >= 15 is 0 Å². The first kappa shape index (κ1) is 18.6. The third kappa shape index (κ3) is 2.92.